The maximum atomic E-state index is 5.89. The molecule has 1 heterocycles. The van der Waals surface area contributed by atoms with Crippen LogP contribution in [0, 0.1) is 0 Å². The fraction of sp³-hybridized carbons (Fsp3) is 0.400. The SMILES string of the molecule is COc1ccc2c(c1OC)[C@H](N)CO2. The molecule has 0 amide bonds. The predicted octanol–water partition coefficient (Wildman–Crippen LogP) is 1.10. The summed E-state index contributed by atoms with van der Waals surface area (Å²) in [5.74, 6) is 2.15. The highest BCUT2D eigenvalue weighted by molar-refractivity contribution is 5.56. The summed E-state index contributed by atoms with van der Waals surface area (Å²) in [4.78, 5) is 0. The number of fused-ring (bicyclic) bond motifs is 1. The zero-order valence-corrected chi connectivity index (χ0v) is 8.24. The van der Waals surface area contributed by atoms with Crippen LogP contribution in [0.4, 0.5) is 0 Å². The first-order valence-electron chi connectivity index (χ1n) is 4.41. The van der Waals surface area contributed by atoms with Crippen molar-refractivity contribution in [2.45, 2.75) is 6.04 Å². The molecule has 0 aromatic heterocycles. The highest BCUT2D eigenvalue weighted by Gasteiger charge is 2.27. The summed E-state index contributed by atoms with van der Waals surface area (Å²) in [6.07, 6.45) is 0. The topological polar surface area (TPSA) is 53.7 Å². The molecule has 0 fully saturated rings. The summed E-state index contributed by atoms with van der Waals surface area (Å²) < 4.78 is 15.8. The molecule has 1 aromatic carbocycles. The molecule has 4 nitrogen and oxygen atoms in total. The number of hydrogen-bond donors (Lipinski definition) is 1. The van der Waals surface area contributed by atoms with Crippen molar-refractivity contribution in [3.05, 3.63) is 17.7 Å². The molecule has 76 valence electrons. The summed E-state index contributed by atoms with van der Waals surface area (Å²) in [6.45, 7) is 0.499. The number of ether oxygens (including phenoxy) is 3. The smallest absolute Gasteiger partial charge is 0.169 e. The Kier molecular flexibility index (Phi) is 2.21. The Morgan fingerprint density at radius 3 is 2.79 bits per heavy atom. The number of rotatable bonds is 2. The average Bonchev–Trinajstić information content (AvgIpc) is 2.59. The molecule has 2 rings (SSSR count). The summed E-state index contributed by atoms with van der Waals surface area (Å²) >= 11 is 0. The molecule has 0 bridgehead atoms. The highest BCUT2D eigenvalue weighted by Crippen LogP contribution is 2.43. The van der Waals surface area contributed by atoms with E-state index in [-0.39, 0.29) is 6.04 Å². The van der Waals surface area contributed by atoms with Gasteiger partial charge in [0.05, 0.1) is 25.8 Å². The van der Waals surface area contributed by atoms with Crippen molar-refractivity contribution in [1.82, 2.24) is 0 Å². The van der Waals surface area contributed by atoms with E-state index in [1.165, 1.54) is 0 Å². The predicted molar refractivity (Wildman–Crippen MR) is 52.0 cm³/mol. The molecular formula is C10H13NO3. The molecule has 0 radical (unpaired) electrons. The van der Waals surface area contributed by atoms with Gasteiger partial charge < -0.3 is 19.9 Å². The van der Waals surface area contributed by atoms with E-state index >= 15 is 0 Å². The van der Waals surface area contributed by atoms with Crippen molar-refractivity contribution in [2.24, 2.45) is 5.73 Å². The Labute approximate surface area is 82.6 Å². The van der Waals surface area contributed by atoms with E-state index in [1.54, 1.807) is 14.2 Å². The summed E-state index contributed by atoms with van der Waals surface area (Å²) in [5, 5.41) is 0. The lowest BCUT2D eigenvalue weighted by molar-refractivity contribution is 0.333. The number of methoxy groups -OCH3 is 2. The van der Waals surface area contributed by atoms with E-state index in [0.29, 0.717) is 18.1 Å². The van der Waals surface area contributed by atoms with Gasteiger partial charge in [-0.3, -0.25) is 0 Å². The van der Waals surface area contributed by atoms with E-state index in [4.69, 9.17) is 19.9 Å². The van der Waals surface area contributed by atoms with Crippen LogP contribution < -0.4 is 19.9 Å². The molecule has 0 aliphatic carbocycles. The number of nitrogens with two attached hydrogens (primary N) is 1. The van der Waals surface area contributed by atoms with Crippen LogP contribution in [-0.4, -0.2) is 20.8 Å². The third-order valence-corrected chi connectivity index (χ3v) is 2.33. The van der Waals surface area contributed by atoms with Gasteiger partial charge in [-0.1, -0.05) is 0 Å². The zero-order chi connectivity index (χ0) is 10.1. The van der Waals surface area contributed by atoms with Gasteiger partial charge in [-0.15, -0.1) is 0 Å². The summed E-state index contributed by atoms with van der Waals surface area (Å²) in [6, 6.07) is 3.54. The van der Waals surface area contributed by atoms with E-state index in [0.717, 1.165) is 11.3 Å². The monoisotopic (exact) mass is 195 g/mol. The molecule has 4 heteroatoms. The van der Waals surface area contributed by atoms with E-state index < -0.39 is 0 Å². The van der Waals surface area contributed by atoms with Gasteiger partial charge in [0.15, 0.2) is 11.5 Å². The fourth-order valence-electron chi connectivity index (χ4n) is 1.67. The summed E-state index contributed by atoms with van der Waals surface area (Å²) in [5.41, 5.74) is 6.78. The van der Waals surface area contributed by atoms with Gasteiger partial charge in [0.25, 0.3) is 0 Å². The maximum absolute atomic E-state index is 5.89. The molecule has 1 aliphatic rings. The van der Waals surface area contributed by atoms with Crippen molar-refractivity contribution in [1.29, 1.82) is 0 Å². The minimum atomic E-state index is -0.130. The molecule has 0 spiro atoms. The Morgan fingerprint density at radius 1 is 1.36 bits per heavy atom. The minimum absolute atomic E-state index is 0.130. The van der Waals surface area contributed by atoms with Gasteiger partial charge in [-0.25, -0.2) is 0 Å². The second kappa shape index (κ2) is 3.38. The van der Waals surface area contributed by atoms with Crippen molar-refractivity contribution >= 4 is 0 Å². The van der Waals surface area contributed by atoms with Crippen molar-refractivity contribution in [3.63, 3.8) is 0 Å². The first-order chi connectivity index (χ1) is 6.77. The first kappa shape index (κ1) is 9.15. The summed E-state index contributed by atoms with van der Waals surface area (Å²) in [7, 11) is 3.20. The van der Waals surface area contributed by atoms with E-state index in [9.17, 15) is 0 Å². The minimum Gasteiger partial charge on any atom is -0.493 e. The van der Waals surface area contributed by atoms with Crippen LogP contribution in [0.15, 0.2) is 12.1 Å². The van der Waals surface area contributed by atoms with Crippen LogP contribution in [0.25, 0.3) is 0 Å². The third-order valence-electron chi connectivity index (χ3n) is 2.33. The molecule has 1 aliphatic heterocycles. The third kappa shape index (κ3) is 1.19. The molecule has 0 unspecified atom stereocenters. The Hall–Kier alpha value is -1.42. The van der Waals surface area contributed by atoms with Crippen LogP contribution in [0.5, 0.6) is 17.2 Å². The van der Waals surface area contributed by atoms with Crippen LogP contribution in [0.1, 0.15) is 11.6 Å². The highest BCUT2D eigenvalue weighted by atomic mass is 16.5. The van der Waals surface area contributed by atoms with Gasteiger partial charge in [0, 0.05) is 0 Å². The zero-order valence-electron chi connectivity index (χ0n) is 8.24. The molecule has 0 saturated heterocycles. The van der Waals surface area contributed by atoms with Crippen LogP contribution in [-0.2, 0) is 0 Å². The van der Waals surface area contributed by atoms with Gasteiger partial charge in [-0.05, 0) is 12.1 Å². The van der Waals surface area contributed by atoms with E-state index in [1.807, 2.05) is 12.1 Å². The van der Waals surface area contributed by atoms with Crippen LogP contribution in [0.3, 0.4) is 0 Å². The van der Waals surface area contributed by atoms with Gasteiger partial charge >= 0.3 is 0 Å². The fourth-order valence-corrected chi connectivity index (χ4v) is 1.67. The number of benzene rings is 1. The van der Waals surface area contributed by atoms with Crippen molar-refractivity contribution < 1.29 is 14.2 Å². The molecule has 2 N–H and O–H groups in total. The van der Waals surface area contributed by atoms with Gasteiger partial charge in [-0.2, -0.15) is 0 Å². The number of hydrogen-bond acceptors (Lipinski definition) is 4. The van der Waals surface area contributed by atoms with Crippen molar-refractivity contribution in [3.8, 4) is 17.2 Å². The molecule has 0 saturated carbocycles. The second-order valence-corrected chi connectivity index (χ2v) is 3.13. The molecule has 14 heavy (non-hydrogen) atoms. The normalized spacial score (nSPS) is 18.6. The van der Waals surface area contributed by atoms with Crippen LogP contribution >= 0.6 is 0 Å². The van der Waals surface area contributed by atoms with Gasteiger partial charge in [0.2, 0.25) is 0 Å². The lowest BCUT2D eigenvalue weighted by Gasteiger charge is -2.12. The quantitative estimate of drug-likeness (QED) is 0.767. The lowest BCUT2D eigenvalue weighted by atomic mass is 10.1. The van der Waals surface area contributed by atoms with E-state index in [2.05, 4.69) is 0 Å². The standard InChI is InChI=1S/C10H13NO3/c1-12-8-4-3-7-9(10(8)13-2)6(11)5-14-7/h3-4,6H,5,11H2,1-2H3/t6-/m1/s1. The van der Waals surface area contributed by atoms with Crippen LogP contribution in [0.2, 0.25) is 0 Å². The lowest BCUT2D eigenvalue weighted by Crippen LogP contribution is -2.12. The first-order valence-corrected chi connectivity index (χ1v) is 4.41. The average molecular weight is 195 g/mol. The Morgan fingerprint density at radius 2 is 2.14 bits per heavy atom. The Balaban J connectivity index is 2.57. The molecule has 1 aromatic rings. The molecular weight excluding hydrogens is 182 g/mol. The maximum Gasteiger partial charge on any atom is 0.169 e. The largest absolute Gasteiger partial charge is 0.493 e. The van der Waals surface area contributed by atoms with Crippen molar-refractivity contribution in [2.75, 3.05) is 20.8 Å². The van der Waals surface area contributed by atoms with Gasteiger partial charge in [0.1, 0.15) is 12.4 Å². The second-order valence-electron chi connectivity index (χ2n) is 3.13. The Bertz CT molecular complexity index is 351. The molecule has 1 atom stereocenters.